The Labute approximate surface area is 94.7 Å². The number of rotatable bonds is 1. The first kappa shape index (κ1) is 10.5. The minimum absolute atomic E-state index is 0.118. The van der Waals surface area contributed by atoms with E-state index in [0.29, 0.717) is 5.03 Å². The molecule has 1 aliphatic heterocycles. The number of nitrogens with one attached hydrogen (secondary N) is 1. The molecule has 1 N–H and O–H groups in total. The molecule has 0 radical (unpaired) electrons. The minimum atomic E-state index is -0.118. The van der Waals surface area contributed by atoms with E-state index in [1.807, 2.05) is 12.2 Å². The summed E-state index contributed by atoms with van der Waals surface area (Å²) in [6.07, 6.45) is 7.74. The molecule has 0 bridgehead atoms. The van der Waals surface area contributed by atoms with Gasteiger partial charge in [-0.3, -0.25) is 4.79 Å². The van der Waals surface area contributed by atoms with Crippen molar-refractivity contribution in [2.45, 2.75) is 19.8 Å². The zero-order valence-electron chi connectivity index (χ0n) is 8.72. The molecule has 1 saturated heterocycles. The van der Waals surface area contributed by atoms with Crippen LogP contribution < -0.4 is 5.32 Å². The fourth-order valence-corrected chi connectivity index (χ4v) is 2.24. The number of halogens is 1. The molecule has 1 fully saturated rings. The average molecular weight is 224 g/mol. The van der Waals surface area contributed by atoms with Crippen molar-refractivity contribution in [3.63, 3.8) is 0 Å². The topological polar surface area (TPSA) is 29.1 Å². The number of allylic oxidation sites excluding steroid dienone is 6. The predicted octanol–water partition coefficient (Wildman–Crippen LogP) is 2.52. The highest BCUT2D eigenvalue weighted by Gasteiger charge is 2.23. The van der Waals surface area contributed by atoms with Crippen LogP contribution in [-0.2, 0) is 4.79 Å². The Hall–Kier alpha value is -1.02. The van der Waals surface area contributed by atoms with Crippen LogP contribution in [0.25, 0.3) is 0 Å². The lowest BCUT2D eigenvalue weighted by Crippen LogP contribution is -2.17. The zero-order chi connectivity index (χ0) is 10.8. The van der Waals surface area contributed by atoms with Gasteiger partial charge in [0.2, 0.25) is 0 Å². The number of carbonyl (C=O) groups excluding carboxylic acids is 1. The van der Waals surface area contributed by atoms with Gasteiger partial charge in [0.15, 0.2) is 0 Å². The molecule has 0 amide bonds. The summed E-state index contributed by atoms with van der Waals surface area (Å²) in [4.78, 5) is 11.5. The van der Waals surface area contributed by atoms with Gasteiger partial charge in [-0.05, 0) is 37.5 Å². The van der Waals surface area contributed by atoms with Crippen LogP contribution in [0.15, 0.2) is 34.5 Å². The van der Waals surface area contributed by atoms with Gasteiger partial charge in [0.25, 0.3) is 0 Å². The summed E-state index contributed by atoms with van der Waals surface area (Å²) in [6, 6.07) is 0. The van der Waals surface area contributed by atoms with Gasteiger partial charge in [0, 0.05) is 17.3 Å². The van der Waals surface area contributed by atoms with E-state index < -0.39 is 0 Å². The Morgan fingerprint density at radius 2 is 2.40 bits per heavy atom. The lowest BCUT2D eigenvalue weighted by Gasteiger charge is -2.18. The second-order valence-corrected chi connectivity index (χ2v) is 4.38. The Balaban J connectivity index is 2.37. The quantitative estimate of drug-likeness (QED) is 0.740. The van der Waals surface area contributed by atoms with Crippen LogP contribution >= 0.6 is 11.6 Å². The monoisotopic (exact) mass is 223 g/mol. The van der Waals surface area contributed by atoms with Crippen LogP contribution in [0.3, 0.4) is 0 Å². The first-order valence-corrected chi connectivity index (χ1v) is 5.59. The third-order valence-corrected chi connectivity index (χ3v) is 3.04. The fourth-order valence-electron chi connectivity index (χ4n) is 2.05. The summed E-state index contributed by atoms with van der Waals surface area (Å²) in [7, 11) is 0. The van der Waals surface area contributed by atoms with E-state index in [0.717, 1.165) is 25.0 Å². The highest BCUT2D eigenvalue weighted by Crippen LogP contribution is 2.29. The second-order valence-electron chi connectivity index (χ2n) is 3.94. The molecule has 1 unspecified atom stereocenters. The van der Waals surface area contributed by atoms with Gasteiger partial charge in [-0.1, -0.05) is 17.7 Å². The molecular formula is C12H14ClNO. The highest BCUT2D eigenvalue weighted by molar-refractivity contribution is 6.31. The molecule has 0 spiro atoms. The SMILES string of the molecule is CC(=O)C1C=CC(Cl)=C/C1=C1\CCCN1. The van der Waals surface area contributed by atoms with Crippen molar-refractivity contribution in [1.29, 1.82) is 0 Å². The number of hydrogen-bond donors (Lipinski definition) is 1. The van der Waals surface area contributed by atoms with E-state index >= 15 is 0 Å². The number of hydrogen-bond acceptors (Lipinski definition) is 2. The van der Waals surface area contributed by atoms with Crippen molar-refractivity contribution in [3.8, 4) is 0 Å². The maximum atomic E-state index is 11.5. The smallest absolute Gasteiger partial charge is 0.141 e. The maximum absolute atomic E-state index is 11.5. The number of Topliss-reactive ketones (excluding diaryl/α,β-unsaturated/α-hetero) is 1. The highest BCUT2D eigenvalue weighted by atomic mass is 35.5. The van der Waals surface area contributed by atoms with E-state index in [1.165, 1.54) is 5.70 Å². The number of ketones is 1. The fraction of sp³-hybridized carbons (Fsp3) is 0.417. The first-order valence-electron chi connectivity index (χ1n) is 5.21. The molecule has 2 aliphatic rings. The first-order chi connectivity index (χ1) is 7.18. The predicted molar refractivity (Wildman–Crippen MR) is 61.5 cm³/mol. The molecule has 3 heteroatoms. The van der Waals surface area contributed by atoms with Crippen LogP contribution in [0.2, 0.25) is 0 Å². The molecule has 0 aromatic carbocycles. The van der Waals surface area contributed by atoms with E-state index in [2.05, 4.69) is 5.32 Å². The maximum Gasteiger partial charge on any atom is 0.141 e. The van der Waals surface area contributed by atoms with Gasteiger partial charge < -0.3 is 5.32 Å². The van der Waals surface area contributed by atoms with Gasteiger partial charge in [0.1, 0.15) is 5.78 Å². The van der Waals surface area contributed by atoms with Crippen LogP contribution in [-0.4, -0.2) is 12.3 Å². The van der Waals surface area contributed by atoms with E-state index in [-0.39, 0.29) is 11.7 Å². The lowest BCUT2D eigenvalue weighted by atomic mass is 9.89. The Kier molecular flexibility index (Phi) is 2.96. The summed E-state index contributed by atoms with van der Waals surface area (Å²) in [5.41, 5.74) is 2.23. The van der Waals surface area contributed by atoms with Gasteiger partial charge in [0.05, 0.1) is 5.92 Å². The summed E-state index contributed by atoms with van der Waals surface area (Å²) in [6.45, 7) is 2.62. The van der Waals surface area contributed by atoms with Crippen LogP contribution in [0.4, 0.5) is 0 Å². The van der Waals surface area contributed by atoms with Gasteiger partial charge in [-0.25, -0.2) is 0 Å². The normalized spacial score (nSPS) is 30.0. The Morgan fingerprint density at radius 1 is 1.60 bits per heavy atom. The third-order valence-electron chi connectivity index (χ3n) is 2.80. The van der Waals surface area contributed by atoms with E-state index in [4.69, 9.17) is 11.6 Å². The second kappa shape index (κ2) is 4.23. The molecule has 0 saturated carbocycles. The van der Waals surface area contributed by atoms with Crippen molar-refractivity contribution in [2.24, 2.45) is 5.92 Å². The zero-order valence-corrected chi connectivity index (χ0v) is 9.47. The molecule has 2 nitrogen and oxygen atoms in total. The molecule has 1 aliphatic carbocycles. The van der Waals surface area contributed by atoms with Crippen LogP contribution in [0.1, 0.15) is 19.8 Å². The van der Waals surface area contributed by atoms with E-state index in [9.17, 15) is 4.79 Å². The van der Waals surface area contributed by atoms with Crippen molar-refractivity contribution in [2.75, 3.05) is 6.54 Å². The summed E-state index contributed by atoms with van der Waals surface area (Å²) in [5.74, 6) is 0.0518. The standard InChI is InChI=1S/C12H14ClNO/c1-8(15)10-5-4-9(13)7-11(10)12-3-2-6-14-12/h4-5,7,10,14H,2-3,6H2,1H3/b12-11-. The molecule has 2 rings (SSSR count). The summed E-state index contributed by atoms with van der Waals surface area (Å²) in [5, 5.41) is 4.02. The van der Waals surface area contributed by atoms with Crippen LogP contribution in [0.5, 0.6) is 0 Å². The third kappa shape index (κ3) is 2.15. The molecule has 80 valence electrons. The molecule has 1 heterocycles. The van der Waals surface area contributed by atoms with Gasteiger partial charge in [-0.15, -0.1) is 0 Å². The number of carbonyl (C=O) groups is 1. The van der Waals surface area contributed by atoms with E-state index in [1.54, 1.807) is 13.0 Å². The Morgan fingerprint density at radius 3 is 3.00 bits per heavy atom. The van der Waals surface area contributed by atoms with Crippen LogP contribution in [0, 0.1) is 5.92 Å². The molecule has 15 heavy (non-hydrogen) atoms. The van der Waals surface area contributed by atoms with Gasteiger partial charge in [-0.2, -0.15) is 0 Å². The largest absolute Gasteiger partial charge is 0.388 e. The average Bonchev–Trinajstić information content (AvgIpc) is 2.69. The van der Waals surface area contributed by atoms with Gasteiger partial charge >= 0.3 is 0 Å². The molecular weight excluding hydrogens is 210 g/mol. The lowest BCUT2D eigenvalue weighted by molar-refractivity contribution is -0.118. The summed E-state index contributed by atoms with van der Waals surface area (Å²) >= 11 is 5.96. The van der Waals surface area contributed by atoms with Crippen molar-refractivity contribution < 1.29 is 4.79 Å². The minimum Gasteiger partial charge on any atom is -0.388 e. The van der Waals surface area contributed by atoms with Crippen molar-refractivity contribution in [1.82, 2.24) is 5.32 Å². The van der Waals surface area contributed by atoms with Crippen molar-refractivity contribution >= 4 is 17.4 Å². The molecule has 0 aromatic heterocycles. The Bertz CT molecular complexity index is 371. The van der Waals surface area contributed by atoms with Crippen molar-refractivity contribution in [3.05, 3.63) is 34.5 Å². The molecule has 0 aromatic rings. The molecule has 1 atom stereocenters. The summed E-state index contributed by atoms with van der Waals surface area (Å²) < 4.78 is 0.